The van der Waals surface area contributed by atoms with Gasteiger partial charge in [-0.05, 0) is 12.1 Å². The van der Waals surface area contributed by atoms with Crippen molar-refractivity contribution in [3.8, 4) is 17.1 Å². The minimum Gasteiger partial charge on any atom is -0.497 e. The Kier molecular flexibility index (Phi) is 2.72. The Morgan fingerprint density at radius 1 is 1.44 bits per heavy atom. The number of carbonyl (C=O) groups is 1. The summed E-state index contributed by atoms with van der Waals surface area (Å²) in [6.45, 7) is 0. The van der Waals surface area contributed by atoms with Gasteiger partial charge in [0.25, 0.3) is 0 Å². The van der Waals surface area contributed by atoms with E-state index in [0.717, 1.165) is 23.4 Å². The van der Waals surface area contributed by atoms with Crippen LogP contribution >= 0.6 is 0 Å². The Hall–Kier alpha value is -2.10. The Balaban J connectivity index is 2.48. The highest BCUT2D eigenvalue weighted by Gasteiger charge is 2.07. The molecule has 4 nitrogen and oxygen atoms in total. The molecule has 1 aromatic heterocycles. The standard InChI is InChI=1S/C12H12N2O2/c1-14-7-10(8-15)13-12(14)9-4-3-5-11(6-9)16-2/h3-8H,1-2H3. The molecule has 0 aliphatic rings. The lowest BCUT2D eigenvalue weighted by atomic mass is 10.2. The number of methoxy groups -OCH3 is 1. The molecule has 0 radical (unpaired) electrons. The van der Waals surface area contributed by atoms with Crippen molar-refractivity contribution >= 4 is 6.29 Å². The van der Waals surface area contributed by atoms with E-state index in [0.29, 0.717) is 5.69 Å². The molecule has 0 saturated heterocycles. The van der Waals surface area contributed by atoms with Crippen molar-refractivity contribution < 1.29 is 9.53 Å². The molecule has 0 amide bonds. The lowest BCUT2D eigenvalue weighted by Crippen LogP contribution is -1.91. The molecular formula is C12H12N2O2. The number of hydrogen-bond donors (Lipinski definition) is 0. The molecule has 0 aliphatic carbocycles. The number of imidazole rings is 1. The first-order valence-electron chi connectivity index (χ1n) is 4.87. The lowest BCUT2D eigenvalue weighted by Gasteiger charge is -2.04. The van der Waals surface area contributed by atoms with Crippen molar-refractivity contribution in [3.05, 3.63) is 36.2 Å². The number of nitrogens with zero attached hydrogens (tertiary/aromatic N) is 2. The molecule has 16 heavy (non-hydrogen) atoms. The van der Waals surface area contributed by atoms with E-state index in [1.165, 1.54) is 0 Å². The number of hydrogen-bond acceptors (Lipinski definition) is 3. The third kappa shape index (κ3) is 1.82. The zero-order valence-corrected chi connectivity index (χ0v) is 9.18. The average Bonchev–Trinajstić information content (AvgIpc) is 2.71. The molecule has 82 valence electrons. The predicted molar refractivity (Wildman–Crippen MR) is 60.6 cm³/mol. The van der Waals surface area contributed by atoms with Crippen LogP contribution in [0, 0.1) is 0 Å². The summed E-state index contributed by atoms with van der Waals surface area (Å²) in [5.74, 6) is 1.52. The number of aldehydes is 1. The molecule has 0 saturated carbocycles. The van der Waals surface area contributed by atoms with Crippen LogP contribution in [-0.4, -0.2) is 22.9 Å². The van der Waals surface area contributed by atoms with Gasteiger partial charge in [0.1, 0.15) is 17.3 Å². The van der Waals surface area contributed by atoms with Gasteiger partial charge in [0.15, 0.2) is 6.29 Å². The van der Waals surface area contributed by atoms with E-state index in [2.05, 4.69) is 4.98 Å². The monoisotopic (exact) mass is 216 g/mol. The molecule has 0 spiro atoms. The van der Waals surface area contributed by atoms with Crippen LogP contribution in [0.5, 0.6) is 5.75 Å². The van der Waals surface area contributed by atoms with Gasteiger partial charge in [0.05, 0.1) is 7.11 Å². The van der Waals surface area contributed by atoms with Gasteiger partial charge in [-0.1, -0.05) is 12.1 Å². The summed E-state index contributed by atoms with van der Waals surface area (Å²) in [5.41, 5.74) is 1.36. The normalized spacial score (nSPS) is 10.1. The Bertz CT molecular complexity index is 517. The molecule has 2 rings (SSSR count). The van der Waals surface area contributed by atoms with Crippen LogP contribution in [0.15, 0.2) is 30.5 Å². The topological polar surface area (TPSA) is 44.1 Å². The Morgan fingerprint density at radius 3 is 2.88 bits per heavy atom. The minimum atomic E-state index is 0.431. The quantitative estimate of drug-likeness (QED) is 0.736. The molecule has 0 fully saturated rings. The first-order chi connectivity index (χ1) is 7.74. The number of carbonyl (C=O) groups excluding carboxylic acids is 1. The fourth-order valence-electron chi connectivity index (χ4n) is 1.58. The molecule has 1 heterocycles. The highest BCUT2D eigenvalue weighted by atomic mass is 16.5. The van der Waals surface area contributed by atoms with Gasteiger partial charge >= 0.3 is 0 Å². The van der Waals surface area contributed by atoms with Crippen LogP contribution < -0.4 is 4.74 Å². The third-order valence-electron chi connectivity index (χ3n) is 2.34. The third-order valence-corrected chi connectivity index (χ3v) is 2.34. The molecule has 0 N–H and O–H groups in total. The number of ether oxygens (including phenoxy) is 1. The summed E-state index contributed by atoms with van der Waals surface area (Å²) in [4.78, 5) is 14.8. The predicted octanol–water partition coefficient (Wildman–Crippen LogP) is 1.91. The van der Waals surface area contributed by atoms with Crippen LogP contribution in [0.1, 0.15) is 10.5 Å². The van der Waals surface area contributed by atoms with Crippen LogP contribution in [0.2, 0.25) is 0 Å². The van der Waals surface area contributed by atoms with Crippen molar-refractivity contribution in [2.45, 2.75) is 0 Å². The second kappa shape index (κ2) is 4.18. The molecule has 0 bridgehead atoms. The average molecular weight is 216 g/mol. The largest absolute Gasteiger partial charge is 0.497 e. The molecular weight excluding hydrogens is 204 g/mol. The van der Waals surface area contributed by atoms with Crippen molar-refractivity contribution in [3.63, 3.8) is 0 Å². The van der Waals surface area contributed by atoms with Gasteiger partial charge in [-0.2, -0.15) is 0 Å². The van der Waals surface area contributed by atoms with Gasteiger partial charge in [0.2, 0.25) is 0 Å². The van der Waals surface area contributed by atoms with E-state index >= 15 is 0 Å². The maximum atomic E-state index is 10.6. The second-order valence-electron chi connectivity index (χ2n) is 3.45. The van der Waals surface area contributed by atoms with Crippen molar-refractivity contribution in [2.24, 2.45) is 7.05 Å². The zero-order chi connectivity index (χ0) is 11.5. The molecule has 0 atom stereocenters. The number of rotatable bonds is 3. The smallest absolute Gasteiger partial charge is 0.170 e. The van der Waals surface area contributed by atoms with Gasteiger partial charge in [-0.3, -0.25) is 4.79 Å². The van der Waals surface area contributed by atoms with Gasteiger partial charge < -0.3 is 9.30 Å². The fraction of sp³-hybridized carbons (Fsp3) is 0.167. The van der Waals surface area contributed by atoms with E-state index in [4.69, 9.17) is 4.74 Å². The lowest BCUT2D eigenvalue weighted by molar-refractivity contribution is 0.111. The van der Waals surface area contributed by atoms with Crippen molar-refractivity contribution in [2.75, 3.05) is 7.11 Å². The number of aromatic nitrogens is 2. The highest BCUT2D eigenvalue weighted by Crippen LogP contribution is 2.22. The number of aryl methyl sites for hydroxylation is 1. The molecule has 2 aromatic rings. The van der Waals surface area contributed by atoms with Crippen molar-refractivity contribution in [1.82, 2.24) is 9.55 Å². The molecule has 0 unspecified atom stereocenters. The summed E-state index contributed by atoms with van der Waals surface area (Å²) in [6.07, 6.45) is 2.44. The maximum absolute atomic E-state index is 10.6. The summed E-state index contributed by atoms with van der Waals surface area (Å²) < 4.78 is 6.96. The fourth-order valence-corrected chi connectivity index (χ4v) is 1.58. The van der Waals surface area contributed by atoms with Crippen LogP contribution in [-0.2, 0) is 7.05 Å². The van der Waals surface area contributed by atoms with Crippen LogP contribution in [0.4, 0.5) is 0 Å². The summed E-state index contributed by atoms with van der Waals surface area (Å²) in [5, 5.41) is 0. The maximum Gasteiger partial charge on any atom is 0.170 e. The van der Waals surface area contributed by atoms with Crippen LogP contribution in [0.25, 0.3) is 11.4 Å². The SMILES string of the molecule is COc1cccc(-c2nc(C=O)cn2C)c1. The Labute approximate surface area is 93.5 Å². The van der Waals surface area contributed by atoms with Crippen LogP contribution in [0.3, 0.4) is 0 Å². The molecule has 4 heteroatoms. The molecule has 0 aliphatic heterocycles. The van der Waals surface area contributed by atoms with Crippen molar-refractivity contribution in [1.29, 1.82) is 0 Å². The summed E-state index contributed by atoms with van der Waals surface area (Å²) in [7, 11) is 3.48. The first-order valence-corrected chi connectivity index (χ1v) is 4.87. The van der Waals surface area contributed by atoms with E-state index in [-0.39, 0.29) is 0 Å². The van der Waals surface area contributed by atoms with Gasteiger partial charge in [0, 0.05) is 18.8 Å². The van der Waals surface area contributed by atoms with Gasteiger partial charge in [-0.25, -0.2) is 4.98 Å². The number of benzene rings is 1. The second-order valence-corrected chi connectivity index (χ2v) is 3.45. The summed E-state index contributed by atoms with van der Waals surface area (Å²) in [6, 6.07) is 7.58. The summed E-state index contributed by atoms with van der Waals surface area (Å²) >= 11 is 0. The zero-order valence-electron chi connectivity index (χ0n) is 9.18. The van der Waals surface area contributed by atoms with E-state index in [1.54, 1.807) is 13.3 Å². The van der Waals surface area contributed by atoms with E-state index in [1.807, 2.05) is 35.9 Å². The van der Waals surface area contributed by atoms with E-state index < -0.39 is 0 Å². The minimum absolute atomic E-state index is 0.431. The van der Waals surface area contributed by atoms with E-state index in [9.17, 15) is 4.79 Å². The highest BCUT2D eigenvalue weighted by molar-refractivity contribution is 5.73. The van der Waals surface area contributed by atoms with Gasteiger partial charge in [-0.15, -0.1) is 0 Å². The first kappa shape index (κ1) is 10.4. The Morgan fingerprint density at radius 2 is 2.25 bits per heavy atom. The molecule has 1 aromatic carbocycles.